The molecule has 0 atom stereocenters. The molecular formula is C18H17NO4. The Balaban J connectivity index is 2.18. The number of aromatic hydroxyl groups is 3. The Bertz CT molecular complexity index is 852. The predicted octanol–water partition coefficient (Wildman–Crippen LogP) is 4.25. The average molecular weight is 311 g/mol. The van der Waals surface area contributed by atoms with E-state index in [9.17, 15) is 15.3 Å². The molecule has 0 aliphatic carbocycles. The minimum Gasteiger partial charge on any atom is -0.508 e. The summed E-state index contributed by atoms with van der Waals surface area (Å²) in [6.07, 6.45) is 1.29. The summed E-state index contributed by atoms with van der Waals surface area (Å²) in [5, 5.41) is 29.8. The highest BCUT2D eigenvalue weighted by Crippen LogP contribution is 2.41. The van der Waals surface area contributed by atoms with Crippen LogP contribution in [0, 0.1) is 0 Å². The molecule has 0 amide bonds. The van der Waals surface area contributed by atoms with Crippen LogP contribution < -0.4 is 0 Å². The molecule has 2 aromatic carbocycles. The van der Waals surface area contributed by atoms with Gasteiger partial charge in [-0.15, -0.1) is 0 Å². The second kappa shape index (κ2) is 5.68. The van der Waals surface area contributed by atoms with Gasteiger partial charge in [0.05, 0.1) is 0 Å². The number of nitrogens with zero attached hydrogens (tertiary/aromatic N) is 1. The highest BCUT2D eigenvalue weighted by atomic mass is 16.3. The van der Waals surface area contributed by atoms with Crippen molar-refractivity contribution in [3.05, 3.63) is 48.4 Å². The normalized spacial score (nSPS) is 11.1. The monoisotopic (exact) mass is 311 g/mol. The number of hydrogen-bond donors (Lipinski definition) is 3. The van der Waals surface area contributed by atoms with Gasteiger partial charge in [0.25, 0.3) is 0 Å². The van der Waals surface area contributed by atoms with Crippen LogP contribution >= 0.6 is 0 Å². The van der Waals surface area contributed by atoms with Crippen molar-refractivity contribution in [2.75, 3.05) is 0 Å². The Morgan fingerprint density at radius 2 is 1.78 bits per heavy atom. The van der Waals surface area contributed by atoms with Crippen molar-refractivity contribution in [2.45, 2.75) is 19.8 Å². The van der Waals surface area contributed by atoms with Crippen LogP contribution in [0.4, 0.5) is 0 Å². The van der Waals surface area contributed by atoms with Gasteiger partial charge in [-0.3, -0.25) is 0 Å². The van der Waals surface area contributed by atoms with Gasteiger partial charge in [0.1, 0.15) is 22.9 Å². The maximum absolute atomic E-state index is 10.2. The van der Waals surface area contributed by atoms with E-state index in [2.05, 4.69) is 4.98 Å². The topological polar surface area (TPSA) is 86.7 Å². The molecule has 0 saturated carbocycles. The lowest BCUT2D eigenvalue weighted by atomic mass is 9.96. The Morgan fingerprint density at radius 3 is 2.48 bits per heavy atom. The molecule has 3 rings (SSSR count). The summed E-state index contributed by atoms with van der Waals surface area (Å²) in [6, 6.07) is 9.63. The fourth-order valence-corrected chi connectivity index (χ4v) is 2.54. The van der Waals surface area contributed by atoms with Crippen LogP contribution in [0.5, 0.6) is 17.2 Å². The molecule has 0 unspecified atom stereocenters. The molecule has 0 aliphatic heterocycles. The number of phenolic OH excluding ortho intramolecular Hbond substituents is 3. The highest BCUT2D eigenvalue weighted by molar-refractivity contribution is 5.81. The van der Waals surface area contributed by atoms with Gasteiger partial charge in [-0.25, -0.2) is 4.98 Å². The van der Waals surface area contributed by atoms with Gasteiger partial charge in [-0.2, -0.15) is 0 Å². The molecule has 0 spiro atoms. The summed E-state index contributed by atoms with van der Waals surface area (Å²) in [4.78, 5) is 4.19. The standard InChI is InChI=1S/C18H17NO4/c1-10(2)13-7-14(16(22)8-15(13)21)17-18(23-9-19-17)11-4-3-5-12(20)6-11/h3-10,20-22H,1-2H3. The van der Waals surface area contributed by atoms with Gasteiger partial charge in [0.2, 0.25) is 0 Å². The maximum Gasteiger partial charge on any atom is 0.182 e. The molecule has 0 saturated heterocycles. The lowest BCUT2D eigenvalue weighted by Gasteiger charge is -2.12. The van der Waals surface area contributed by atoms with E-state index in [1.807, 2.05) is 13.8 Å². The second-order valence-electron chi connectivity index (χ2n) is 5.66. The third-order valence-corrected chi connectivity index (χ3v) is 3.70. The van der Waals surface area contributed by atoms with Crippen LogP contribution in [0.25, 0.3) is 22.6 Å². The molecule has 1 aromatic heterocycles. The minimum absolute atomic E-state index is 0.0450. The summed E-state index contributed by atoms with van der Waals surface area (Å²) in [7, 11) is 0. The van der Waals surface area contributed by atoms with E-state index < -0.39 is 0 Å². The smallest absolute Gasteiger partial charge is 0.182 e. The molecule has 0 fully saturated rings. The van der Waals surface area contributed by atoms with E-state index in [0.717, 1.165) is 0 Å². The number of hydrogen-bond acceptors (Lipinski definition) is 5. The summed E-state index contributed by atoms with van der Waals surface area (Å²) in [5.41, 5.74) is 2.28. The maximum atomic E-state index is 10.2. The summed E-state index contributed by atoms with van der Waals surface area (Å²) >= 11 is 0. The van der Waals surface area contributed by atoms with Gasteiger partial charge >= 0.3 is 0 Å². The Labute approximate surface area is 133 Å². The zero-order valence-corrected chi connectivity index (χ0v) is 12.8. The second-order valence-corrected chi connectivity index (χ2v) is 5.66. The SMILES string of the molecule is CC(C)c1cc(-c2ncoc2-c2cccc(O)c2)c(O)cc1O. The van der Waals surface area contributed by atoms with E-state index >= 15 is 0 Å². The first-order chi connectivity index (χ1) is 11.0. The van der Waals surface area contributed by atoms with Crippen molar-refractivity contribution in [2.24, 2.45) is 0 Å². The van der Waals surface area contributed by atoms with Crippen LogP contribution in [-0.2, 0) is 0 Å². The van der Waals surface area contributed by atoms with Gasteiger partial charge in [0, 0.05) is 17.2 Å². The molecular weight excluding hydrogens is 294 g/mol. The van der Waals surface area contributed by atoms with Gasteiger partial charge in [-0.1, -0.05) is 26.0 Å². The van der Waals surface area contributed by atoms with Crippen molar-refractivity contribution in [3.8, 4) is 39.8 Å². The number of benzene rings is 2. The number of oxazole rings is 1. The summed E-state index contributed by atoms with van der Waals surface area (Å²) in [6.45, 7) is 3.91. The molecule has 3 aromatic rings. The fourth-order valence-electron chi connectivity index (χ4n) is 2.54. The molecule has 118 valence electrons. The van der Waals surface area contributed by atoms with Crippen LogP contribution in [0.15, 0.2) is 47.2 Å². The lowest BCUT2D eigenvalue weighted by Crippen LogP contribution is -1.91. The molecule has 0 aliphatic rings. The predicted molar refractivity (Wildman–Crippen MR) is 86.5 cm³/mol. The van der Waals surface area contributed by atoms with Gasteiger partial charge < -0.3 is 19.7 Å². The first-order valence-corrected chi connectivity index (χ1v) is 7.26. The number of aromatic nitrogens is 1. The van der Waals surface area contributed by atoms with Crippen LogP contribution in [0.3, 0.4) is 0 Å². The Kier molecular flexibility index (Phi) is 3.70. The van der Waals surface area contributed by atoms with Crippen LogP contribution in [-0.4, -0.2) is 20.3 Å². The largest absolute Gasteiger partial charge is 0.508 e. The average Bonchev–Trinajstić information content (AvgIpc) is 2.96. The van der Waals surface area contributed by atoms with E-state index in [-0.39, 0.29) is 23.2 Å². The third kappa shape index (κ3) is 2.73. The molecule has 1 heterocycles. The Hall–Kier alpha value is -2.95. The Morgan fingerprint density at radius 1 is 1.00 bits per heavy atom. The van der Waals surface area contributed by atoms with E-state index in [4.69, 9.17) is 4.42 Å². The summed E-state index contributed by atoms with van der Waals surface area (Å²) in [5.74, 6) is 0.607. The van der Waals surface area contributed by atoms with E-state index in [1.54, 1.807) is 30.3 Å². The molecule has 5 heteroatoms. The van der Waals surface area contributed by atoms with Crippen molar-refractivity contribution >= 4 is 0 Å². The van der Waals surface area contributed by atoms with Crippen molar-refractivity contribution < 1.29 is 19.7 Å². The molecule has 0 radical (unpaired) electrons. The lowest BCUT2D eigenvalue weighted by molar-refractivity contribution is 0.445. The zero-order valence-electron chi connectivity index (χ0n) is 12.8. The minimum atomic E-state index is -0.0813. The number of rotatable bonds is 3. The highest BCUT2D eigenvalue weighted by Gasteiger charge is 2.19. The summed E-state index contributed by atoms with van der Waals surface area (Å²) < 4.78 is 5.45. The fraction of sp³-hybridized carbons (Fsp3) is 0.167. The van der Waals surface area contributed by atoms with E-state index in [0.29, 0.717) is 28.1 Å². The van der Waals surface area contributed by atoms with Crippen molar-refractivity contribution in [3.63, 3.8) is 0 Å². The van der Waals surface area contributed by atoms with Gasteiger partial charge in [0.15, 0.2) is 12.2 Å². The quantitative estimate of drug-likeness (QED) is 0.673. The van der Waals surface area contributed by atoms with Crippen LogP contribution in [0.1, 0.15) is 25.3 Å². The van der Waals surface area contributed by atoms with E-state index in [1.165, 1.54) is 12.5 Å². The first kappa shape index (κ1) is 15.0. The molecule has 5 nitrogen and oxygen atoms in total. The first-order valence-electron chi connectivity index (χ1n) is 7.26. The molecule has 0 bridgehead atoms. The van der Waals surface area contributed by atoms with Gasteiger partial charge in [-0.05, 0) is 29.7 Å². The van der Waals surface area contributed by atoms with Crippen molar-refractivity contribution in [1.82, 2.24) is 4.98 Å². The number of phenols is 3. The zero-order chi connectivity index (χ0) is 16.6. The molecule has 3 N–H and O–H groups in total. The third-order valence-electron chi connectivity index (χ3n) is 3.70. The molecule has 23 heavy (non-hydrogen) atoms. The van der Waals surface area contributed by atoms with Crippen molar-refractivity contribution in [1.29, 1.82) is 0 Å². The van der Waals surface area contributed by atoms with Crippen LogP contribution in [0.2, 0.25) is 0 Å².